The number of carbonyl (C=O) groups excluding carboxylic acids is 1. The minimum absolute atomic E-state index is 0.0323. The number of hydrogen-bond donors (Lipinski definition) is 1. The number of aromatic amines is 1. The molecule has 1 fully saturated rings. The molecule has 2 heterocycles. The van der Waals surface area contributed by atoms with E-state index in [1.165, 1.54) is 6.07 Å². The highest BCUT2D eigenvalue weighted by Crippen LogP contribution is 2.31. The average Bonchev–Trinajstić information content (AvgIpc) is 2.86. The van der Waals surface area contributed by atoms with Crippen molar-refractivity contribution >= 4 is 28.2 Å². The zero-order valence-electron chi connectivity index (χ0n) is 19.0. The van der Waals surface area contributed by atoms with Crippen molar-refractivity contribution in [3.63, 3.8) is 0 Å². The summed E-state index contributed by atoms with van der Waals surface area (Å²) in [6.07, 6.45) is 1.16. The van der Waals surface area contributed by atoms with Crippen LogP contribution in [0.25, 0.3) is 10.9 Å². The molecule has 0 spiro atoms. The molecule has 0 radical (unpaired) electrons. The predicted molar refractivity (Wildman–Crippen MR) is 128 cm³/mol. The first kappa shape index (κ1) is 23.4. The van der Waals surface area contributed by atoms with Crippen molar-refractivity contribution in [1.29, 1.82) is 0 Å². The molecule has 0 aliphatic carbocycles. The molecule has 1 aliphatic heterocycles. The summed E-state index contributed by atoms with van der Waals surface area (Å²) in [7, 11) is 1.57. The Bertz CT molecular complexity index is 1240. The fourth-order valence-electron chi connectivity index (χ4n) is 4.37. The lowest BCUT2D eigenvalue weighted by atomic mass is 9.94. The first-order chi connectivity index (χ1) is 16.5. The van der Waals surface area contributed by atoms with Crippen LogP contribution in [0.5, 0.6) is 0 Å². The second-order valence-corrected chi connectivity index (χ2v) is 8.29. The fourth-order valence-corrected chi connectivity index (χ4v) is 4.37. The second kappa shape index (κ2) is 10.4. The van der Waals surface area contributed by atoms with Crippen molar-refractivity contribution in [1.82, 2.24) is 14.9 Å². The molecule has 0 bridgehead atoms. The minimum atomic E-state index is -0.379. The molecule has 0 unspecified atom stereocenters. The lowest BCUT2D eigenvalue weighted by molar-refractivity contribution is -0.384. The number of para-hydroxylation sites is 3. The Morgan fingerprint density at radius 1 is 1.21 bits per heavy atom. The van der Waals surface area contributed by atoms with Crippen molar-refractivity contribution < 1.29 is 14.5 Å². The lowest BCUT2D eigenvalue weighted by Gasteiger charge is -2.35. The summed E-state index contributed by atoms with van der Waals surface area (Å²) in [5, 5.41) is 11.9. The maximum absolute atomic E-state index is 13.4. The van der Waals surface area contributed by atoms with Gasteiger partial charge in [-0.3, -0.25) is 19.7 Å². The zero-order valence-corrected chi connectivity index (χ0v) is 19.0. The Hall–Kier alpha value is -3.79. The van der Waals surface area contributed by atoms with Crippen molar-refractivity contribution in [2.75, 3.05) is 38.3 Å². The van der Waals surface area contributed by atoms with Crippen LogP contribution in [0.15, 0.2) is 53.3 Å². The molecule has 1 saturated heterocycles. The second-order valence-electron chi connectivity index (χ2n) is 8.29. The molecule has 0 saturated carbocycles. The van der Waals surface area contributed by atoms with Gasteiger partial charge in [0.2, 0.25) is 5.91 Å². The molecule has 1 aromatic heterocycles. The highest BCUT2D eigenvalue weighted by molar-refractivity contribution is 5.80. The summed E-state index contributed by atoms with van der Waals surface area (Å²) in [6.45, 7) is 2.00. The quantitative estimate of drug-likeness (QED) is 0.401. The van der Waals surface area contributed by atoms with E-state index in [-0.39, 0.29) is 34.5 Å². The highest BCUT2D eigenvalue weighted by Gasteiger charge is 2.31. The molecule has 1 N–H and O–H groups in total. The minimum Gasteiger partial charge on any atom is -0.383 e. The van der Waals surface area contributed by atoms with E-state index in [9.17, 15) is 19.7 Å². The van der Waals surface area contributed by atoms with Crippen LogP contribution in [-0.2, 0) is 16.1 Å². The van der Waals surface area contributed by atoms with Crippen LogP contribution in [0, 0.1) is 16.0 Å². The smallest absolute Gasteiger partial charge is 0.292 e. The van der Waals surface area contributed by atoms with E-state index in [1.54, 1.807) is 48.4 Å². The third-order valence-electron chi connectivity index (χ3n) is 6.14. The molecule has 178 valence electrons. The normalized spacial score (nSPS) is 14.3. The van der Waals surface area contributed by atoms with Crippen molar-refractivity contribution in [3.05, 3.63) is 74.8 Å². The number of benzene rings is 2. The largest absolute Gasteiger partial charge is 0.383 e. The van der Waals surface area contributed by atoms with Crippen molar-refractivity contribution in [2.24, 2.45) is 5.92 Å². The number of rotatable bonds is 8. The van der Waals surface area contributed by atoms with Crippen molar-refractivity contribution in [3.8, 4) is 0 Å². The number of nitrogens with one attached hydrogen (secondary N) is 1. The molecule has 3 aromatic rings. The number of carbonyl (C=O) groups is 1. The van der Waals surface area contributed by atoms with E-state index in [0.717, 1.165) is 0 Å². The van der Waals surface area contributed by atoms with Gasteiger partial charge < -0.3 is 19.5 Å². The average molecular weight is 466 g/mol. The Morgan fingerprint density at radius 2 is 1.91 bits per heavy atom. The monoisotopic (exact) mass is 465 g/mol. The lowest BCUT2D eigenvalue weighted by Crippen LogP contribution is -2.44. The van der Waals surface area contributed by atoms with E-state index in [4.69, 9.17) is 4.74 Å². The number of nitro groups is 1. The van der Waals surface area contributed by atoms with Gasteiger partial charge >= 0.3 is 0 Å². The van der Waals surface area contributed by atoms with Crippen LogP contribution in [0.1, 0.15) is 18.7 Å². The Labute approximate surface area is 196 Å². The summed E-state index contributed by atoms with van der Waals surface area (Å²) in [6, 6.07) is 13.8. The standard InChI is InChI=1S/C24H27N5O5/c1-34-15-14-28(16-22-25-19-7-3-2-6-18(19)23(30)26-22)24(31)17-10-12-27(13-11-17)20-8-4-5-9-21(20)29(32)33/h2-9,17H,10-16H2,1H3,(H,25,26,30). The maximum atomic E-state index is 13.4. The van der Waals surface area contributed by atoms with Crippen LogP contribution in [0.4, 0.5) is 11.4 Å². The molecule has 2 aromatic carbocycles. The van der Waals surface area contributed by atoms with Gasteiger partial charge in [0.1, 0.15) is 11.5 Å². The van der Waals surface area contributed by atoms with Gasteiger partial charge in [0.05, 0.1) is 29.0 Å². The number of anilines is 1. The van der Waals surface area contributed by atoms with Gasteiger partial charge in [0.15, 0.2) is 0 Å². The number of hydrogen-bond acceptors (Lipinski definition) is 7. The molecular weight excluding hydrogens is 438 g/mol. The molecule has 1 amide bonds. The number of nitro benzene ring substituents is 1. The summed E-state index contributed by atoms with van der Waals surface area (Å²) in [5.74, 6) is 0.170. The maximum Gasteiger partial charge on any atom is 0.292 e. The van der Waals surface area contributed by atoms with E-state index >= 15 is 0 Å². The van der Waals surface area contributed by atoms with Gasteiger partial charge in [0, 0.05) is 38.7 Å². The van der Waals surface area contributed by atoms with Crippen LogP contribution >= 0.6 is 0 Å². The topological polar surface area (TPSA) is 122 Å². The third-order valence-corrected chi connectivity index (χ3v) is 6.14. The Morgan fingerprint density at radius 3 is 2.65 bits per heavy atom. The summed E-state index contributed by atoms with van der Waals surface area (Å²) in [5.41, 5.74) is 0.989. The number of ether oxygens (including phenoxy) is 1. The Kier molecular flexibility index (Phi) is 7.17. The molecule has 10 heteroatoms. The van der Waals surface area contributed by atoms with Crippen LogP contribution in [0.2, 0.25) is 0 Å². The predicted octanol–water partition coefficient (Wildman–Crippen LogP) is 2.72. The number of H-pyrrole nitrogens is 1. The number of aromatic nitrogens is 2. The molecule has 34 heavy (non-hydrogen) atoms. The van der Waals surface area contributed by atoms with Gasteiger partial charge in [-0.05, 0) is 31.0 Å². The number of nitrogens with zero attached hydrogens (tertiary/aromatic N) is 4. The van der Waals surface area contributed by atoms with E-state index in [1.807, 2.05) is 11.0 Å². The zero-order chi connectivity index (χ0) is 24.1. The van der Waals surface area contributed by atoms with Gasteiger partial charge in [-0.1, -0.05) is 24.3 Å². The van der Waals surface area contributed by atoms with E-state index in [2.05, 4.69) is 9.97 Å². The summed E-state index contributed by atoms with van der Waals surface area (Å²) >= 11 is 0. The van der Waals surface area contributed by atoms with Gasteiger partial charge in [0.25, 0.3) is 11.2 Å². The Balaban J connectivity index is 1.47. The van der Waals surface area contributed by atoms with Gasteiger partial charge in [-0.15, -0.1) is 0 Å². The number of amides is 1. The first-order valence-electron chi connectivity index (χ1n) is 11.2. The van der Waals surface area contributed by atoms with Crippen LogP contribution in [-0.4, -0.2) is 59.0 Å². The summed E-state index contributed by atoms with van der Waals surface area (Å²) in [4.78, 5) is 47.8. The van der Waals surface area contributed by atoms with E-state index < -0.39 is 0 Å². The summed E-state index contributed by atoms with van der Waals surface area (Å²) < 4.78 is 5.19. The molecule has 0 atom stereocenters. The van der Waals surface area contributed by atoms with Crippen molar-refractivity contribution in [2.45, 2.75) is 19.4 Å². The number of methoxy groups -OCH3 is 1. The highest BCUT2D eigenvalue weighted by atomic mass is 16.6. The molecule has 1 aliphatic rings. The van der Waals surface area contributed by atoms with Crippen LogP contribution < -0.4 is 10.5 Å². The third kappa shape index (κ3) is 5.07. The van der Waals surface area contributed by atoms with Crippen LogP contribution in [0.3, 0.4) is 0 Å². The van der Waals surface area contributed by atoms with Gasteiger partial charge in [-0.25, -0.2) is 4.98 Å². The molecule has 10 nitrogen and oxygen atoms in total. The van der Waals surface area contributed by atoms with Gasteiger partial charge in [-0.2, -0.15) is 0 Å². The molecule has 4 rings (SSSR count). The van der Waals surface area contributed by atoms with E-state index in [0.29, 0.717) is 61.5 Å². The number of piperidine rings is 1. The fraction of sp³-hybridized carbons (Fsp3) is 0.375. The molecular formula is C24H27N5O5. The number of fused-ring (bicyclic) bond motifs is 1. The first-order valence-corrected chi connectivity index (χ1v) is 11.2. The SMILES string of the molecule is COCCN(Cc1nc2ccccc2c(=O)[nH]1)C(=O)C1CCN(c2ccccc2[N+](=O)[O-])CC1.